The van der Waals surface area contributed by atoms with E-state index in [0.717, 1.165) is 0 Å². The van der Waals surface area contributed by atoms with Crippen LogP contribution in [0, 0.1) is 23.7 Å². The molecule has 2 aromatic carbocycles. The maximum atomic E-state index is 13.0. The third kappa shape index (κ3) is 14.6. The first-order chi connectivity index (χ1) is 25.0. The molecule has 0 N–H and O–H groups in total. The number of Topliss-reactive ketones (excluding diaryl/α,β-unsaturated/α-hetero) is 2. The Morgan fingerprint density at radius 1 is 0.604 bits per heavy atom. The summed E-state index contributed by atoms with van der Waals surface area (Å²) in [6, 6.07) is 9.30. The highest BCUT2D eigenvalue weighted by Gasteiger charge is 2.32. The summed E-state index contributed by atoms with van der Waals surface area (Å²) in [4.78, 5) is 73.0. The van der Waals surface area contributed by atoms with E-state index < -0.39 is 63.0 Å². The normalized spacial score (nSPS) is 13.8. The summed E-state index contributed by atoms with van der Waals surface area (Å²) < 4.78 is 21.9. The van der Waals surface area contributed by atoms with Gasteiger partial charge in [0, 0.05) is 12.8 Å². The van der Waals surface area contributed by atoms with Gasteiger partial charge in [-0.2, -0.15) is 0 Å². The number of hydrogen-bond acceptors (Lipinski definition) is 10. The van der Waals surface area contributed by atoms with Crippen molar-refractivity contribution in [2.75, 3.05) is 14.2 Å². The fraction of sp³-hybridized carbons (Fsp3) is 0.436. The third-order valence-corrected chi connectivity index (χ3v) is 9.64. The van der Waals surface area contributed by atoms with Gasteiger partial charge >= 0.3 is 11.9 Å². The minimum Gasteiger partial charge on any atom is -0.493 e. The van der Waals surface area contributed by atoms with Gasteiger partial charge in [-0.05, 0) is 59.4 Å². The van der Waals surface area contributed by atoms with Gasteiger partial charge in [0.05, 0.1) is 32.5 Å². The van der Waals surface area contributed by atoms with E-state index >= 15 is 0 Å². The molecule has 288 valence electrons. The number of rotatable bonds is 22. The van der Waals surface area contributed by atoms with Crippen molar-refractivity contribution in [2.45, 2.75) is 69.5 Å². The number of carbonyl (C=O) groups excluding carboxylic acids is 6. The van der Waals surface area contributed by atoms with Crippen LogP contribution < -0.4 is 18.9 Å². The summed E-state index contributed by atoms with van der Waals surface area (Å²) in [6.45, 7) is 7.43. The van der Waals surface area contributed by atoms with Crippen LogP contribution in [0.1, 0.15) is 70.9 Å². The monoisotopic (exact) mass is 812 g/mol. The number of allylic oxidation sites excluding steroid dienone is 2. The van der Waals surface area contributed by atoms with Crippen LogP contribution in [0.5, 0.6) is 23.0 Å². The molecular formula is C39H44Cl4O10. The predicted octanol–water partition coefficient (Wildman–Crippen LogP) is 8.62. The summed E-state index contributed by atoms with van der Waals surface area (Å²) in [7, 11) is 2.78. The Labute approximate surface area is 330 Å². The summed E-state index contributed by atoms with van der Waals surface area (Å²) in [6.07, 6.45) is 5.97. The molecule has 0 aliphatic carbocycles. The Balaban J connectivity index is 2.07. The van der Waals surface area contributed by atoms with Crippen molar-refractivity contribution in [2.24, 2.45) is 23.7 Å². The number of ketones is 4. The maximum absolute atomic E-state index is 13.0. The molecule has 0 fully saturated rings. The molecule has 2 rings (SSSR count). The van der Waals surface area contributed by atoms with E-state index in [1.165, 1.54) is 50.7 Å². The Kier molecular flexibility index (Phi) is 19.3. The van der Waals surface area contributed by atoms with E-state index in [2.05, 4.69) is 0 Å². The Hall–Kier alpha value is -3.70. The minimum atomic E-state index is -1.25. The molecule has 10 nitrogen and oxygen atoms in total. The number of hydrogen-bond donors (Lipinski definition) is 0. The van der Waals surface area contributed by atoms with Gasteiger partial charge in [0.15, 0.2) is 55.8 Å². The second kappa shape index (κ2) is 22.5. The van der Waals surface area contributed by atoms with Gasteiger partial charge in [-0.1, -0.05) is 111 Å². The van der Waals surface area contributed by atoms with Crippen molar-refractivity contribution >= 4 is 93.6 Å². The van der Waals surface area contributed by atoms with E-state index in [-0.39, 0.29) is 47.7 Å². The molecule has 0 unspecified atom stereocenters. The zero-order valence-corrected chi connectivity index (χ0v) is 33.4. The molecule has 4 atom stereocenters. The fourth-order valence-corrected chi connectivity index (χ4v) is 5.35. The van der Waals surface area contributed by atoms with Crippen LogP contribution in [0.2, 0.25) is 0 Å². The van der Waals surface area contributed by atoms with Crippen LogP contribution in [0.3, 0.4) is 0 Å². The maximum Gasteiger partial charge on any atom is 0.315 e. The van der Waals surface area contributed by atoms with E-state index in [1.807, 2.05) is 27.7 Å². The van der Waals surface area contributed by atoms with E-state index in [4.69, 9.17) is 65.4 Å². The number of methoxy groups -OCH3 is 2. The summed E-state index contributed by atoms with van der Waals surface area (Å²) in [5.74, 6) is -4.34. The zero-order valence-electron chi connectivity index (χ0n) is 30.4. The largest absolute Gasteiger partial charge is 0.493 e. The van der Waals surface area contributed by atoms with Crippen LogP contribution in [0.4, 0.5) is 0 Å². The molecule has 0 radical (unpaired) electrons. The SMILES string of the molecule is CC[C@@H](C)[C@H](CC(=O)C(Cl)Cl)C(=O)Oc1ccc(/C=C/C(=O)CC(=O)/C=C/c2ccc(OC(=O)[C@@H](CC(=O)C(Cl)Cl)[C@H](C)CC)c(OC)c2)cc1OC. The van der Waals surface area contributed by atoms with Gasteiger partial charge in [0.25, 0.3) is 0 Å². The summed E-state index contributed by atoms with van der Waals surface area (Å²) in [5, 5.41) is 0. The van der Waals surface area contributed by atoms with E-state index in [0.29, 0.717) is 24.0 Å². The highest BCUT2D eigenvalue weighted by atomic mass is 35.5. The molecule has 53 heavy (non-hydrogen) atoms. The Bertz CT molecular complexity index is 1560. The van der Waals surface area contributed by atoms with Crippen molar-refractivity contribution in [1.29, 1.82) is 0 Å². The lowest BCUT2D eigenvalue weighted by molar-refractivity contribution is -0.143. The average Bonchev–Trinajstić information content (AvgIpc) is 3.13. The number of halogens is 4. The minimum absolute atomic E-state index is 0.122. The van der Waals surface area contributed by atoms with Crippen molar-refractivity contribution < 1.29 is 47.7 Å². The van der Waals surface area contributed by atoms with Crippen molar-refractivity contribution in [3.05, 3.63) is 59.7 Å². The Morgan fingerprint density at radius 2 is 0.962 bits per heavy atom. The van der Waals surface area contributed by atoms with Gasteiger partial charge in [0.2, 0.25) is 0 Å². The first-order valence-electron chi connectivity index (χ1n) is 16.9. The van der Waals surface area contributed by atoms with Gasteiger partial charge in [-0.3, -0.25) is 28.8 Å². The topological polar surface area (TPSA) is 139 Å². The highest BCUT2D eigenvalue weighted by Crippen LogP contribution is 2.33. The lowest BCUT2D eigenvalue weighted by atomic mass is 9.88. The number of esters is 2. The average molecular weight is 815 g/mol. The molecule has 0 saturated carbocycles. The summed E-state index contributed by atoms with van der Waals surface area (Å²) >= 11 is 22.8. The molecule has 0 bridgehead atoms. The van der Waals surface area contributed by atoms with Crippen molar-refractivity contribution in [3.63, 3.8) is 0 Å². The first-order valence-corrected chi connectivity index (χ1v) is 18.6. The van der Waals surface area contributed by atoms with Crippen LogP contribution in [-0.2, 0) is 28.8 Å². The Morgan fingerprint density at radius 3 is 1.26 bits per heavy atom. The number of alkyl halides is 4. The van der Waals surface area contributed by atoms with Crippen LogP contribution >= 0.6 is 46.4 Å². The zero-order chi connectivity index (χ0) is 39.8. The molecule has 2 aromatic rings. The molecule has 14 heteroatoms. The third-order valence-electron chi connectivity index (χ3n) is 8.66. The van der Waals surface area contributed by atoms with Crippen LogP contribution in [-0.4, -0.2) is 59.0 Å². The number of carbonyl (C=O) groups is 6. The quantitative estimate of drug-likeness (QED) is 0.0373. The fourth-order valence-electron chi connectivity index (χ4n) is 4.99. The molecule has 0 spiro atoms. The van der Waals surface area contributed by atoms with Crippen molar-refractivity contribution in [1.82, 2.24) is 0 Å². The van der Waals surface area contributed by atoms with Gasteiger partial charge in [-0.25, -0.2) is 0 Å². The second-order valence-electron chi connectivity index (χ2n) is 12.4. The lowest BCUT2D eigenvalue weighted by Gasteiger charge is -2.21. The highest BCUT2D eigenvalue weighted by molar-refractivity contribution is 6.54. The number of benzene rings is 2. The predicted molar refractivity (Wildman–Crippen MR) is 206 cm³/mol. The molecule has 0 heterocycles. The molecule has 0 aliphatic heterocycles. The summed E-state index contributed by atoms with van der Waals surface area (Å²) in [5.41, 5.74) is 1.08. The standard InChI is InChI=1S/C39H44Cl4O10/c1-7-22(3)28(20-30(46)36(40)41)38(48)52-32-15-11-24(17-34(32)50-5)9-13-26(44)19-27(45)14-10-25-12-16-33(35(18-25)51-6)53-39(49)29(23(4)8-2)21-31(47)37(42)43/h9-18,22-23,28-29,36-37H,7-8,19-21H2,1-6H3/b13-9+,14-10+/t22-,23-,28+,29+/m1/s1. The van der Waals surface area contributed by atoms with Crippen LogP contribution in [0.25, 0.3) is 12.2 Å². The van der Waals surface area contributed by atoms with E-state index in [1.54, 1.807) is 24.3 Å². The van der Waals surface area contributed by atoms with Gasteiger partial charge < -0.3 is 18.9 Å². The number of ether oxygens (including phenoxy) is 4. The smallest absolute Gasteiger partial charge is 0.315 e. The molecular weight excluding hydrogens is 770 g/mol. The van der Waals surface area contributed by atoms with Crippen LogP contribution in [0.15, 0.2) is 48.6 Å². The molecule has 0 amide bonds. The first kappa shape index (κ1) is 45.5. The van der Waals surface area contributed by atoms with Gasteiger partial charge in [0.1, 0.15) is 0 Å². The van der Waals surface area contributed by atoms with Gasteiger partial charge in [-0.15, -0.1) is 0 Å². The second-order valence-corrected chi connectivity index (χ2v) is 14.6. The molecule has 0 saturated heterocycles. The lowest BCUT2D eigenvalue weighted by Crippen LogP contribution is -2.30. The molecule has 0 aliphatic rings. The van der Waals surface area contributed by atoms with Crippen molar-refractivity contribution in [3.8, 4) is 23.0 Å². The molecule has 0 aromatic heterocycles. The van der Waals surface area contributed by atoms with E-state index in [9.17, 15) is 28.8 Å².